The molecule has 0 radical (unpaired) electrons. The number of aliphatic hydroxyl groups is 2. The third-order valence-electron chi connectivity index (χ3n) is 5.01. The number of ether oxygens (including phenoxy) is 4. The van der Waals surface area contributed by atoms with Crippen LogP contribution >= 0.6 is 0 Å². The molecule has 0 heterocycles. The fourth-order valence-electron chi connectivity index (χ4n) is 3.06. The molecule has 0 saturated heterocycles. The highest BCUT2D eigenvalue weighted by Crippen LogP contribution is 2.19. The summed E-state index contributed by atoms with van der Waals surface area (Å²) in [6, 6.07) is 5.59. The van der Waals surface area contributed by atoms with Crippen molar-refractivity contribution in [1.29, 1.82) is 0 Å². The van der Waals surface area contributed by atoms with Gasteiger partial charge in [-0.1, -0.05) is 25.3 Å². The smallest absolute Gasteiger partial charge is 0.339 e. The van der Waals surface area contributed by atoms with Gasteiger partial charge in [0.1, 0.15) is 12.2 Å². The lowest BCUT2D eigenvalue weighted by Crippen LogP contribution is -2.42. The van der Waals surface area contributed by atoms with E-state index in [1.54, 1.807) is 0 Å². The summed E-state index contributed by atoms with van der Waals surface area (Å²) in [5, 5.41) is 20.2. The van der Waals surface area contributed by atoms with Crippen molar-refractivity contribution in [3.05, 3.63) is 59.7 Å². The minimum absolute atomic E-state index is 0.126. The highest BCUT2D eigenvalue weighted by molar-refractivity contribution is 6.03. The van der Waals surface area contributed by atoms with Gasteiger partial charge in [-0.3, -0.25) is 0 Å². The zero-order chi connectivity index (χ0) is 27.7. The van der Waals surface area contributed by atoms with E-state index in [9.17, 15) is 29.4 Å². The van der Waals surface area contributed by atoms with Gasteiger partial charge in [0, 0.05) is 11.1 Å². The van der Waals surface area contributed by atoms with Crippen molar-refractivity contribution in [3.63, 3.8) is 0 Å². The van der Waals surface area contributed by atoms with Crippen LogP contribution in [-0.2, 0) is 28.5 Å². The van der Waals surface area contributed by atoms with Gasteiger partial charge in [0.25, 0.3) is 0 Å². The van der Waals surface area contributed by atoms with E-state index in [2.05, 4.69) is 13.2 Å². The normalized spacial score (nSPS) is 15.8. The molecule has 6 atom stereocenters. The zero-order valence-electron chi connectivity index (χ0n) is 21.3. The predicted molar refractivity (Wildman–Crippen MR) is 129 cm³/mol. The van der Waals surface area contributed by atoms with Crippen LogP contribution in [-0.4, -0.2) is 70.7 Å². The van der Waals surface area contributed by atoms with Crippen LogP contribution in [0.2, 0.25) is 0 Å². The van der Waals surface area contributed by atoms with E-state index in [0.29, 0.717) is 0 Å². The molecule has 0 aromatic heterocycles. The molecule has 0 aliphatic rings. The van der Waals surface area contributed by atoms with Crippen LogP contribution in [0.1, 0.15) is 62.3 Å². The van der Waals surface area contributed by atoms with E-state index in [-0.39, 0.29) is 22.3 Å². The van der Waals surface area contributed by atoms with Crippen LogP contribution in [0.5, 0.6) is 0 Å². The zero-order valence-corrected chi connectivity index (χ0v) is 21.3. The van der Waals surface area contributed by atoms with Crippen molar-refractivity contribution in [2.24, 2.45) is 0 Å². The molecular weight excluding hydrogens is 472 g/mol. The molecule has 10 nitrogen and oxygen atoms in total. The van der Waals surface area contributed by atoms with Crippen molar-refractivity contribution in [2.75, 3.05) is 0 Å². The van der Waals surface area contributed by atoms with Crippen molar-refractivity contribution in [3.8, 4) is 0 Å². The Bertz CT molecular complexity index is 915. The maximum atomic E-state index is 13.0. The fraction of sp³-hybridized carbons (Fsp3) is 0.462. The van der Waals surface area contributed by atoms with Crippen LogP contribution in [0.3, 0.4) is 0 Å². The van der Waals surface area contributed by atoms with Gasteiger partial charge in [-0.25, -0.2) is 19.2 Å². The second-order valence-electron chi connectivity index (χ2n) is 8.55. The molecule has 36 heavy (non-hydrogen) atoms. The highest BCUT2D eigenvalue weighted by Gasteiger charge is 2.33. The van der Waals surface area contributed by atoms with Crippen LogP contribution in [0.15, 0.2) is 48.6 Å². The molecule has 198 valence electrons. The molecule has 0 fully saturated rings. The molecular formula is C26H34O10. The van der Waals surface area contributed by atoms with Crippen LogP contribution in [0.4, 0.5) is 0 Å². The van der Waals surface area contributed by atoms with Crippen LogP contribution in [0, 0.1) is 0 Å². The number of carbonyl (C=O) groups is 4. The Balaban J connectivity index is 3.13. The van der Waals surface area contributed by atoms with E-state index in [0.717, 1.165) is 0 Å². The second-order valence-corrected chi connectivity index (χ2v) is 8.55. The summed E-state index contributed by atoms with van der Waals surface area (Å²) in [4.78, 5) is 49.6. The summed E-state index contributed by atoms with van der Waals surface area (Å²) in [5.41, 5.74) is -0.132. The van der Waals surface area contributed by atoms with E-state index < -0.39 is 60.5 Å². The summed E-state index contributed by atoms with van der Waals surface area (Å²) in [6.45, 7) is 15.4. The Hall–Kier alpha value is -3.50. The van der Waals surface area contributed by atoms with Gasteiger partial charge in [0.2, 0.25) is 0 Å². The molecule has 2 N–H and O–H groups in total. The molecule has 1 aromatic carbocycles. The number of rotatable bonds is 12. The summed E-state index contributed by atoms with van der Waals surface area (Å²) < 4.78 is 21.1. The minimum atomic E-state index is -1.25. The van der Waals surface area contributed by atoms with Crippen molar-refractivity contribution in [2.45, 2.75) is 78.2 Å². The van der Waals surface area contributed by atoms with E-state index in [4.69, 9.17) is 18.9 Å². The molecule has 1 rings (SSSR count). The first-order valence-electron chi connectivity index (χ1n) is 11.3. The van der Waals surface area contributed by atoms with Gasteiger partial charge in [-0.15, -0.1) is 0 Å². The summed E-state index contributed by atoms with van der Waals surface area (Å²) >= 11 is 0. The number of aliphatic hydroxyl groups excluding tert-OH is 2. The average molecular weight is 507 g/mol. The van der Waals surface area contributed by atoms with E-state index in [1.165, 1.54) is 65.8 Å². The largest absolute Gasteiger partial charge is 0.455 e. The van der Waals surface area contributed by atoms with Crippen LogP contribution < -0.4 is 0 Å². The van der Waals surface area contributed by atoms with Gasteiger partial charge in [-0.05, 0) is 53.7 Å². The average Bonchev–Trinajstić information content (AvgIpc) is 2.79. The van der Waals surface area contributed by atoms with E-state index in [1.807, 2.05) is 0 Å². The maximum absolute atomic E-state index is 13.0. The molecule has 10 heteroatoms. The topological polar surface area (TPSA) is 146 Å². The number of benzene rings is 1. The first-order valence-corrected chi connectivity index (χ1v) is 11.3. The highest BCUT2D eigenvalue weighted by atomic mass is 16.6. The Labute approximate surface area is 210 Å². The quantitative estimate of drug-likeness (QED) is 0.246. The van der Waals surface area contributed by atoms with Gasteiger partial charge in [0.15, 0.2) is 12.2 Å². The number of hydrogen-bond acceptors (Lipinski definition) is 10. The molecule has 0 amide bonds. The van der Waals surface area contributed by atoms with Crippen molar-refractivity contribution in [1.82, 2.24) is 0 Å². The van der Waals surface area contributed by atoms with Crippen molar-refractivity contribution >= 4 is 23.9 Å². The molecule has 0 aliphatic heterocycles. The predicted octanol–water partition coefficient (Wildman–Crippen LogP) is 2.51. The van der Waals surface area contributed by atoms with Gasteiger partial charge < -0.3 is 29.2 Å². The third kappa shape index (κ3) is 8.62. The molecule has 0 saturated carbocycles. The summed E-state index contributed by atoms with van der Waals surface area (Å²) in [7, 11) is 0. The Morgan fingerprint density at radius 3 is 1.22 bits per heavy atom. The van der Waals surface area contributed by atoms with E-state index >= 15 is 0 Å². The summed E-state index contributed by atoms with van der Waals surface area (Å²) in [5.74, 6) is -3.42. The Morgan fingerprint density at radius 2 is 0.972 bits per heavy atom. The fourth-order valence-corrected chi connectivity index (χ4v) is 3.06. The lowest BCUT2D eigenvalue weighted by molar-refractivity contribution is -0.154. The molecule has 1 aromatic rings. The van der Waals surface area contributed by atoms with Crippen LogP contribution in [0.25, 0.3) is 0 Å². The number of carbonyl (C=O) groups excluding carboxylic acids is 4. The number of hydrogen-bond donors (Lipinski definition) is 2. The lowest BCUT2D eigenvalue weighted by atomic mass is 10.1. The SMILES string of the molecule is C=C(C)C(=O)OC(C)C(OC(=O)c1ccccc1C(=O)OC(C(C)O)C(C)OC(=O)C(=C)C)C(C)O. The monoisotopic (exact) mass is 506 g/mol. The maximum Gasteiger partial charge on any atom is 0.339 e. The lowest BCUT2D eigenvalue weighted by Gasteiger charge is -2.27. The Morgan fingerprint density at radius 1 is 0.667 bits per heavy atom. The van der Waals surface area contributed by atoms with Gasteiger partial charge >= 0.3 is 23.9 Å². The first-order chi connectivity index (χ1) is 16.7. The molecule has 0 spiro atoms. The van der Waals surface area contributed by atoms with Crippen molar-refractivity contribution < 1.29 is 48.3 Å². The summed E-state index contributed by atoms with van der Waals surface area (Å²) in [6.07, 6.45) is -7.00. The molecule has 0 aliphatic carbocycles. The number of esters is 4. The van der Waals surface area contributed by atoms with Gasteiger partial charge in [-0.2, -0.15) is 0 Å². The minimum Gasteiger partial charge on any atom is -0.455 e. The third-order valence-corrected chi connectivity index (χ3v) is 5.01. The standard InChI is InChI=1S/C26H34O10/c1-13(2)23(29)33-17(7)21(15(5)27)35-25(31)19-11-9-10-12-20(19)26(32)36-22(16(6)28)18(8)34-24(30)14(3)4/h9-12,15-18,21-22,27-28H,1,3H2,2,4-8H3. The molecule has 6 unspecified atom stereocenters. The van der Waals surface area contributed by atoms with Gasteiger partial charge in [0.05, 0.1) is 23.3 Å². The molecule has 0 bridgehead atoms. The second kappa shape index (κ2) is 13.6. The Kier molecular flexibility index (Phi) is 11.5. The first kappa shape index (κ1) is 30.5.